The van der Waals surface area contributed by atoms with Gasteiger partial charge in [0.25, 0.3) is 0 Å². The molecule has 0 spiro atoms. The van der Waals surface area contributed by atoms with Crippen molar-refractivity contribution in [1.82, 2.24) is 0 Å². The van der Waals surface area contributed by atoms with Crippen LogP contribution in [0.15, 0.2) is 0 Å². The van der Waals surface area contributed by atoms with E-state index in [0.717, 1.165) is 0 Å². The third-order valence-corrected chi connectivity index (χ3v) is 0. The molecule has 0 aliphatic rings. The van der Waals surface area contributed by atoms with Gasteiger partial charge in [0.15, 0.2) is 0 Å². The zero-order valence-corrected chi connectivity index (χ0v) is 6.19. The summed E-state index contributed by atoms with van der Waals surface area (Å²) in [5.74, 6) is 0. The first-order valence-electron chi connectivity index (χ1n) is 2.34. The molecule has 9 nitrogen and oxygen atoms in total. The molecular weight excluding hydrogens is 182 g/mol. The number of carbonyl (C=O) groups excluding carboxylic acids is 3. The predicted octanol–water partition coefficient (Wildman–Crippen LogP) is -4.23. The van der Waals surface area contributed by atoms with Gasteiger partial charge in [-0.05, 0) is 0 Å². The van der Waals surface area contributed by atoms with E-state index in [1.807, 2.05) is 0 Å². The minimum atomic E-state index is -0.833. The minimum absolute atomic E-state index is 0. The van der Waals surface area contributed by atoms with Crippen molar-refractivity contribution >= 4 is 55.8 Å². The van der Waals surface area contributed by atoms with Crippen molar-refractivity contribution in [2.45, 2.75) is 0 Å². The zero-order valence-electron chi connectivity index (χ0n) is 6.19. The summed E-state index contributed by atoms with van der Waals surface area (Å²) >= 11 is 0. The van der Waals surface area contributed by atoms with Gasteiger partial charge in [0, 0.05) is 0 Å². The summed E-state index contributed by atoms with van der Waals surface area (Å²) in [7, 11) is 0. The third kappa shape index (κ3) is 1110. The van der Waals surface area contributed by atoms with Crippen LogP contribution in [-0.2, 0) is 0 Å². The monoisotopic (exact) mass is 196 g/mol. The van der Waals surface area contributed by atoms with Gasteiger partial charge in [-0.2, -0.15) is 0 Å². The van der Waals surface area contributed by atoms with Crippen molar-refractivity contribution in [1.29, 1.82) is 0 Å². The van der Waals surface area contributed by atoms with E-state index < -0.39 is 18.1 Å². The summed E-state index contributed by atoms with van der Waals surface area (Å²) in [6.45, 7) is 0. The van der Waals surface area contributed by atoms with Gasteiger partial charge >= 0.3 is 55.8 Å². The molecule has 0 saturated carbocycles. The molecule has 0 aliphatic heterocycles. The van der Waals surface area contributed by atoms with Crippen LogP contribution in [0.1, 0.15) is 0 Å². The van der Waals surface area contributed by atoms with Crippen LogP contribution in [0.4, 0.5) is 14.4 Å². The molecule has 0 heterocycles. The summed E-state index contributed by atoms with van der Waals surface area (Å²) in [6, 6.07) is -2.50. The molecule has 0 saturated heterocycles. The summed E-state index contributed by atoms with van der Waals surface area (Å²) in [5.41, 5.74) is 25.5. The Balaban J connectivity index is -0.0000000270. The summed E-state index contributed by atoms with van der Waals surface area (Å²) in [6.07, 6.45) is 0. The molecule has 12 N–H and O–H groups in total. The van der Waals surface area contributed by atoms with E-state index in [0.29, 0.717) is 0 Å². The fourth-order valence-electron chi connectivity index (χ4n) is 0. The van der Waals surface area contributed by atoms with Crippen LogP contribution in [0.25, 0.3) is 0 Å². The SMILES string of the molecule is NC(N)=O.NC(N)=O.NC(N)=O.[LiH].[LiH]. The number of hydrogen-bond acceptors (Lipinski definition) is 3. The number of nitrogens with two attached hydrogens (primary N) is 6. The molecule has 11 heteroatoms. The van der Waals surface area contributed by atoms with Gasteiger partial charge in [0.1, 0.15) is 0 Å². The second kappa shape index (κ2) is 22.7. The molecule has 0 rings (SSSR count). The van der Waals surface area contributed by atoms with Crippen molar-refractivity contribution in [2.24, 2.45) is 34.4 Å². The first-order valence-corrected chi connectivity index (χ1v) is 2.34. The van der Waals surface area contributed by atoms with Gasteiger partial charge in [-0.15, -0.1) is 0 Å². The van der Waals surface area contributed by atoms with Crippen LogP contribution in [0, 0.1) is 0 Å². The van der Waals surface area contributed by atoms with Crippen LogP contribution in [-0.4, -0.2) is 55.8 Å². The first-order chi connectivity index (χ1) is 5.20. The van der Waals surface area contributed by atoms with Gasteiger partial charge in [0.2, 0.25) is 0 Å². The topological polar surface area (TPSA) is 207 Å². The van der Waals surface area contributed by atoms with E-state index in [1.54, 1.807) is 0 Å². The standard InChI is InChI=1S/3CH4N2O.2Li.2H/c3*2-1(3)4;;;;/h3*(H4,2,3,4);;;;. The summed E-state index contributed by atoms with van der Waals surface area (Å²) in [5, 5.41) is 0. The molecule has 14 heavy (non-hydrogen) atoms. The van der Waals surface area contributed by atoms with E-state index in [2.05, 4.69) is 34.4 Å². The molecule has 0 unspecified atom stereocenters. The summed E-state index contributed by atoms with van der Waals surface area (Å²) in [4.78, 5) is 27.0. The average Bonchev–Trinajstić information content (AvgIpc) is 1.54. The van der Waals surface area contributed by atoms with Crippen LogP contribution in [0.5, 0.6) is 0 Å². The Morgan fingerprint density at radius 2 is 0.500 bits per heavy atom. The van der Waals surface area contributed by atoms with Crippen molar-refractivity contribution in [3.05, 3.63) is 0 Å². The van der Waals surface area contributed by atoms with E-state index in [4.69, 9.17) is 14.4 Å². The number of hydrogen-bond donors (Lipinski definition) is 6. The Labute approximate surface area is 105 Å². The number of urea groups is 3. The van der Waals surface area contributed by atoms with Crippen molar-refractivity contribution in [3.8, 4) is 0 Å². The van der Waals surface area contributed by atoms with Gasteiger partial charge in [-0.25, -0.2) is 14.4 Å². The Bertz CT molecular complexity index is 124. The molecule has 6 amide bonds. The Morgan fingerprint density at radius 1 is 0.500 bits per heavy atom. The normalized spacial score (nSPS) is 5.14. The fourth-order valence-corrected chi connectivity index (χ4v) is 0. The van der Waals surface area contributed by atoms with Crippen molar-refractivity contribution in [3.63, 3.8) is 0 Å². The third-order valence-electron chi connectivity index (χ3n) is 0. The molecule has 76 valence electrons. The number of rotatable bonds is 0. The molecule has 0 aliphatic carbocycles. The van der Waals surface area contributed by atoms with Crippen LogP contribution in [0.3, 0.4) is 0 Å². The molecule has 0 fully saturated rings. The Kier molecular flexibility index (Phi) is 47.4. The second-order valence-corrected chi connectivity index (χ2v) is 1.21. The van der Waals surface area contributed by atoms with Crippen molar-refractivity contribution < 1.29 is 14.4 Å². The van der Waals surface area contributed by atoms with Crippen LogP contribution < -0.4 is 34.4 Å². The number of amides is 6. The Hall–Kier alpha value is -0.995. The quantitative estimate of drug-likeness (QED) is 0.213. The molecule has 0 aromatic carbocycles. The molecular formula is C3H14Li2N6O3. The second-order valence-electron chi connectivity index (χ2n) is 1.21. The van der Waals surface area contributed by atoms with Gasteiger partial charge in [-0.1, -0.05) is 0 Å². The van der Waals surface area contributed by atoms with Crippen molar-refractivity contribution in [2.75, 3.05) is 0 Å². The maximum atomic E-state index is 9.00. The van der Waals surface area contributed by atoms with E-state index in [1.165, 1.54) is 0 Å². The Morgan fingerprint density at radius 3 is 0.500 bits per heavy atom. The van der Waals surface area contributed by atoms with Crippen LogP contribution in [0.2, 0.25) is 0 Å². The molecule has 0 aromatic rings. The maximum absolute atomic E-state index is 9.00. The molecule has 0 aromatic heterocycles. The van der Waals surface area contributed by atoms with E-state index >= 15 is 0 Å². The van der Waals surface area contributed by atoms with Gasteiger partial charge in [-0.3, -0.25) is 0 Å². The molecule has 0 bridgehead atoms. The predicted molar refractivity (Wildman–Crippen MR) is 55.6 cm³/mol. The van der Waals surface area contributed by atoms with Crippen LogP contribution >= 0.6 is 0 Å². The fraction of sp³-hybridized carbons (Fsp3) is 0. The van der Waals surface area contributed by atoms with Gasteiger partial charge in [0.05, 0.1) is 0 Å². The van der Waals surface area contributed by atoms with E-state index in [9.17, 15) is 0 Å². The molecule has 0 radical (unpaired) electrons. The number of primary amides is 6. The zero-order chi connectivity index (χ0) is 10.7. The molecule has 0 atom stereocenters. The van der Waals surface area contributed by atoms with Gasteiger partial charge < -0.3 is 34.4 Å². The first kappa shape index (κ1) is 29.2. The average molecular weight is 196 g/mol. The van der Waals surface area contributed by atoms with E-state index in [-0.39, 0.29) is 37.7 Å². The number of carbonyl (C=O) groups is 3. The summed E-state index contributed by atoms with van der Waals surface area (Å²) < 4.78 is 0.